The maximum Gasteiger partial charge on any atom is 0.335 e. The summed E-state index contributed by atoms with van der Waals surface area (Å²) in [4.78, 5) is 23.6. The molecule has 2 aromatic heterocycles. The van der Waals surface area contributed by atoms with Gasteiger partial charge in [-0.1, -0.05) is 18.2 Å². The molecule has 4 aromatic rings. The van der Waals surface area contributed by atoms with E-state index in [0.717, 1.165) is 67.1 Å². The Labute approximate surface area is 275 Å². The van der Waals surface area contributed by atoms with Crippen LogP contribution in [0.1, 0.15) is 64.1 Å². The molecule has 3 aliphatic heterocycles. The molecule has 48 heavy (non-hydrogen) atoms. The molecule has 0 saturated carbocycles. The molecule has 13 heteroatoms. The van der Waals surface area contributed by atoms with Crippen LogP contribution in [0, 0.1) is 0 Å². The van der Waals surface area contributed by atoms with Crippen LogP contribution in [0.15, 0.2) is 54.6 Å². The Morgan fingerprint density at radius 2 is 1.81 bits per heavy atom. The second-order valence-electron chi connectivity index (χ2n) is 12.6. The summed E-state index contributed by atoms with van der Waals surface area (Å²) < 4.78 is 63.8. The highest BCUT2D eigenvalue weighted by Gasteiger charge is 2.28. The zero-order chi connectivity index (χ0) is 33.2. The zero-order valence-electron chi connectivity index (χ0n) is 26.3. The number of hydrogen-bond acceptors (Lipinski definition) is 8. The van der Waals surface area contributed by atoms with Gasteiger partial charge in [-0.05, 0) is 68.2 Å². The number of carbonyl (C=O) groups is 1. The van der Waals surface area contributed by atoms with Gasteiger partial charge in [-0.3, -0.25) is 4.90 Å². The third-order valence-corrected chi connectivity index (χ3v) is 9.38. The number of fused-ring (bicyclic) bond motifs is 1. The molecule has 2 aromatic carbocycles. The van der Waals surface area contributed by atoms with Crippen LogP contribution < -0.4 is 9.47 Å². The number of nitrogens with zero attached hydrogens (tertiary/aromatic N) is 4. The Morgan fingerprint density at radius 3 is 2.50 bits per heavy atom. The van der Waals surface area contributed by atoms with Crippen molar-refractivity contribution in [1.82, 2.24) is 19.4 Å². The molecule has 0 aliphatic carbocycles. The summed E-state index contributed by atoms with van der Waals surface area (Å²) in [5, 5.41) is 9.53. The highest BCUT2D eigenvalue weighted by molar-refractivity contribution is 5.92. The Bertz CT molecular complexity index is 1750. The van der Waals surface area contributed by atoms with Crippen molar-refractivity contribution in [1.29, 1.82) is 0 Å². The molecule has 0 radical (unpaired) electrons. The van der Waals surface area contributed by atoms with Gasteiger partial charge < -0.3 is 28.6 Å². The summed E-state index contributed by atoms with van der Waals surface area (Å²) in [6, 6.07) is 15.8. The summed E-state index contributed by atoms with van der Waals surface area (Å²) in [5.74, 6) is 0.657. The van der Waals surface area contributed by atoms with Gasteiger partial charge in [0, 0.05) is 35.8 Å². The molecule has 3 fully saturated rings. The van der Waals surface area contributed by atoms with Crippen molar-refractivity contribution in [3.05, 3.63) is 82.8 Å². The predicted octanol–water partition coefficient (Wildman–Crippen LogP) is 5.93. The fourth-order valence-corrected chi connectivity index (χ4v) is 6.39. The largest absolute Gasteiger partial charge is 0.478 e. The summed E-state index contributed by atoms with van der Waals surface area (Å²) in [6.45, 7) is 4.68. The van der Waals surface area contributed by atoms with Gasteiger partial charge in [0.05, 0.1) is 49.0 Å². The van der Waals surface area contributed by atoms with Gasteiger partial charge in [-0.2, -0.15) is 4.39 Å². The number of halogens is 3. The minimum absolute atomic E-state index is 0.0202. The standard InChI is InChI=1S/C35H37F3N4O6/c36-33(37)34(38)48-30-15-22(25-18-45-19-25)4-5-24(30)20-47-32-3-1-2-27(40-32)21-8-11-41(12-9-21)17-31-39-28-7-6-23(35(43)44)14-29(28)42(31)16-26-10-13-46-26/h1-7,14-15,21,25-26,33-34H,8-13,16-20H2,(H,43,44). The summed E-state index contributed by atoms with van der Waals surface area (Å²) in [7, 11) is 0. The average molecular weight is 667 g/mol. The second-order valence-corrected chi connectivity index (χ2v) is 12.6. The lowest BCUT2D eigenvalue weighted by molar-refractivity contribution is -0.0677. The Balaban J connectivity index is 0.992. The monoisotopic (exact) mass is 666 g/mol. The van der Waals surface area contributed by atoms with E-state index in [1.54, 1.807) is 36.4 Å². The van der Waals surface area contributed by atoms with Gasteiger partial charge >= 0.3 is 12.4 Å². The second kappa shape index (κ2) is 14.1. The Hall–Kier alpha value is -4.20. The van der Waals surface area contributed by atoms with Crippen molar-refractivity contribution in [3.8, 4) is 11.6 Å². The van der Waals surface area contributed by atoms with Crippen LogP contribution in [-0.2, 0) is 29.2 Å². The average Bonchev–Trinajstić information content (AvgIpc) is 3.37. The van der Waals surface area contributed by atoms with Gasteiger partial charge in [0.25, 0.3) is 6.36 Å². The van der Waals surface area contributed by atoms with Gasteiger partial charge in [-0.25, -0.2) is 23.5 Å². The number of rotatable bonds is 13. The maximum atomic E-state index is 13.9. The topological polar surface area (TPSA) is 108 Å². The van der Waals surface area contributed by atoms with Crippen molar-refractivity contribution in [3.63, 3.8) is 0 Å². The third kappa shape index (κ3) is 7.13. The highest BCUT2D eigenvalue weighted by atomic mass is 19.3. The Kier molecular flexibility index (Phi) is 9.51. The minimum atomic E-state index is -3.27. The van der Waals surface area contributed by atoms with Gasteiger partial charge in [0.1, 0.15) is 18.2 Å². The number of aromatic nitrogens is 3. The molecule has 0 amide bonds. The van der Waals surface area contributed by atoms with E-state index in [2.05, 4.69) is 9.47 Å². The molecule has 5 heterocycles. The number of alkyl halides is 3. The van der Waals surface area contributed by atoms with Gasteiger partial charge in [0.2, 0.25) is 5.88 Å². The first-order valence-electron chi connectivity index (χ1n) is 16.3. The molecule has 2 atom stereocenters. The van der Waals surface area contributed by atoms with Crippen LogP contribution in [0.3, 0.4) is 0 Å². The number of ether oxygens (including phenoxy) is 4. The first-order chi connectivity index (χ1) is 23.3. The lowest BCUT2D eigenvalue weighted by Crippen LogP contribution is -2.35. The van der Waals surface area contributed by atoms with Crippen molar-refractivity contribution in [2.24, 2.45) is 0 Å². The number of piperidine rings is 1. The molecule has 7 rings (SSSR count). The van der Waals surface area contributed by atoms with E-state index in [-0.39, 0.29) is 35.9 Å². The number of carboxylic acids is 1. The normalized spacial score (nSPS) is 19.6. The first-order valence-corrected chi connectivity index (χ1v) is 16.3. The maximum absolute atomic E-state index is 13.9. The van der Waals surface area contributed by atoms with Crippen LogP contribution in [0.2, 0.25) is 0 Å². The summed E-state index contributed by atoms with van der Waals surface area (Å²) >= 11 is 0. The SMILES string of the molecule is O=C(O)c1ccc2nc(CN3CCC(c4cccc(OCc5ccc(C6COC6)cc5OC(F)C(F)F)n4)CC3)n(CC3CCO3)c2c1. The molecule has 0 bridgehead atoms. The number of hydrogen-bond donors (Lipinski definition) is 1. The smallest absolute Gasteiger partial charge is 0.335 e. The minimum Gasteiger partial charge on any atom is -0.478 e. The fourth-order valence-electron chi connectivity index (χ4n) is 6.39. The van der Waals surface area contributed by atoms with Crippen LogP contribution in [-0.4, -0.2) is 82.3 Å². The van der Waals surface area contributed by atoms with Gasteiger partial charge in [-0.15, -0.1) is 0 Å². The zero-order valence-corrected chi connectivity index (χ0v) is 26.3. The number of benzene rings is 2. The van der Waals surface area contributed by atoms with Crippen molar-refractivity contribution >= 4 is 17.0 Å². The van der Waals surface area contributed by atoms with E-state index < -0.39 is 18.8 Å². The molecule has 3 aliphatic rings. The quantitative estimate of drug-likeness (QED) is 0.186. The van der Waals surface area contributed by atoms with Crippen molar-refractivity contribution < 1.29 is 42.0 Å². The molecule has 254 valence electrons. The third-order valence-electron chi connectivity index (χ3n) is 9.38. The van der Waals surface area contributed by atoms with Crippen LogP contribution in [0.25, 0.3) is 11.0 Å². The van der Waals surface area contributed by atoms with Crippen molar-refractivity contribution in [2.75, 3.05) is 32.9 Å². The first kappa shape index (κ1) is 32.4. The number of imidazole rings is 1. The van der Waals surface area contributed by atoms with E-state index in [1.807, 2.05) is 18.2 Å². The molecule has 10 nitrogen and oxygen atoms in total. The van der Waals surface area contributed by atoms with E-state index in [9.17, 15) is 23.1 Å². The van der Waals surface area contributed by atoms with Crippen LogP contribution >= 0.6 is 0 Å². The molecule has 1 N–H and O–H groups in total. The number of carboxylic acid groups (broad SMARTS) is 1. The van der Waals surface area contributed by atoms with E-state index in [1.165, 1.54) is 0 Å². The van der Waals surface area contributed by atoms with E-state index in [4.69, 9.17) is 28.9 Å². The van der Waals surface area contributed by atoms with Crippen LogP contribution in [0.5, 0.6) is 11.6 Å². The molecular weight excluding hydrogens is 629 g/mol. The van der Waals surface area contributed by atoms with E-state index >= 15 is 0 Å². The van der Waals surface area contributed by atoms with Crippen LogP contribution in [0.4, 0.5) is 13.2 Å². The van der Waals surface area contributed by atoms with E-state index in [0.29, 0.717) is 37.7 Å². The predicted molar refractivity (Wildman–Crippen MR) is 168 cm³/mol. The Morgan fingerprint density at radius 1 is 1.00 bits per heavy atom. The molecular formula is C35H37F3N4O6. The molecule has 0 spiro atoms. The molecule has 3 saturated heterocycles. The fraction of sp³-hybridized carbons (Fsp3) is 0.457. The number of pyridine rings is 1. The highest BCUT2D eigenvalue weighted by Crippen LogP contribution is 2.33. The molecule has 2 unspecified atom stereocenters. The lowest BCUT2D eigenvalue weighted by Gasteiger charge is -2.32. The summed E-state index contributed by atoms with van der Waals surface area (Å²) in [5.41, 5.74) is 3.99. The summed E-state index contributed by atoms with van der Waals surface area (Å²) in [6.07, 6.45) is -3.20. The van der Waals surface area contributed by atoms with Gasteiger partial charge in [0.15, 0.2) is 0 Å². The van der Waals surface area contributed by atoms with Crippen molar-refractivity contribution in [2.45, 2.75) is 69.7 Å². The lowest BCUT2D eigenvalue weighted by atomic mass is 9.93. The number of likely N-dealkylation sites (tertiary alicyclic amines) is 1. The number of aromatic carboxylic acids is 1.